The third kappa shape index (κ3) is 4.75. The Kier molecular flexibility index (Phi) is 7.00. The lowest BCUT2D eigenvalue weighted by Gasteiger charge is -2.29. The molecule has 1 aliphatic heterocycles. The zero-order valence-electron chi connectivity index (χ0n) is 16.4. The van der Waals surface area contributed by atoms with Crippen molar-refractivity contribution in [3.8, 4) is 11.5 Å². The molecular weight excluding hydrogens is 360 g/mol. The van der Waals surface area contributed by atoms with Gasteiger partial charge in [0.15, 0.2) is 11.5 Å². The number of methoxy groups -OCH3 is 1. The Hall–Kier alpha value is -1.75. The fraction of sp³-hybridized carbons (Fsp3) is 0.455. The summed E-state index contributed by atoms with van der Waals surface area (Å²) >= 11 is 6.22. The number of halogens is 1. The van der Waals surface area contributed by atoms with Gasteiger partial charge in [0.1, 0.15) is 6.61 Å². The van der Waals surface area contributed by atoms with Gasteiger partial charge in [-0.1, -0.05) is 37.6 Å². The molecule has 2 aromatic rings. The minimum atomic E-state index is 0.114. The fourth-order valence-corrected chi connectivity index (χ4v) is 3.84. The van der Waals surface area contributed by atoms with E-state index >= 15 is 0 Å². The highest BCUT2D eigenvalue weighted by molar-refractivity contribution is 6.30. The number of hydrogen-bond acceptors (Lipinski definition) is 4. The molecule has 0 aromatic heterocycles. The minimum absolute atomic E-state index is 0.114. The first-order chi connectivity index (χ1) is 13.2. The van der Waals surface area contributed by atoms with E-state index in [-0.39, 0.29) is 6.04 Å². The molecule has 0 aliphatic carbocycles. The summed E-state index contributed by atoms with van der Waals surface area (Å²) in [5, 5.41) is 4.37. The normalized spacial score (nSPS) is 16.3. The highest BCUT2D eigenvalue weighted by Crippen LogP contribution is 2.38. The molecule has 2 aromatic carbocycles. The van der Waals surface area contributed by atoms with Crippen molar-refractivity contribution >= 4 is 11.6 Å². The van der Waals surface area contributed by atoms with Crippen LogP contribution in [-0.4, -0.2) is 44.8 Å². The van der Waals surface area contributed by atoms with Crippen LogP contribution in [0, 0.1) is 0 Å². The van der Waals surface area contributed by atoms with Crippen LogP contribution in [0.3, 0.4) is 0 Å². The number of likely N-dealkylation sites (N-methyl/N-ethyl adjacent to an activating group) is 1. The van der Waals surface area contributed by atoms with Gasteiger partial charge in [0, 0.05) is 18.1 Å². The molecule has 27 heavy (non-hydrogen) atoms. The summed E-state index contributed by atoms with van der Waals surface area (Å²) in [6, 6.07) is 12.4. The zero-order chi connectivity index (χ0) is 19.2. The molecule has 1 unspecified atom stereocenters. The van der Waals surface area contributed by atoms with Crippen molar-refractivity contribution in [2.45, 2.75) is 26.3 Å². The number of rotatable bonds is 8. The molecular formula is C22H29ClN2O2. The summed E-state index contributed by atoms with van der Waals surface area (Å²) in [5.41, 5.74) is 3.71. The van der Waals surface area contributed by atoms with Crippen molar-refractivity contribution in [2.24, 2.45) is 0 Å². The van der Waals surface area contributed by atoms with Crippen LogP contribution in [0.25, 0.3) is 0 Å². The van der Waals surface area contributed by atoms with Gasteiger partial charge in [-0.15, -0.1) is 0 Å². The maximum absolute atomic E-state index is 6.22. The quantitative estimate of drug-likeness (QED) is 0.730. The molecule has 1 aliphatic rings. The molecule has 3 rings (SSSR count). The maximum Gasteiger partial charge on any atom is 0.161 e. The second-order valence-electron chi connectivity index (χ2n) is 6.77. The van der Waals surface area contributed by atoms with Crippen LogP contribution in [0.4, 0.5) is 0 Å². The third-order valence-corrected chi connectivity index (χ3v) is 5.46. The van der Waals surface area contributed by atoms with Crippen molar-refractivity contribution in [2.75, 3.05) is 39.9 Å². The summed E-state index contributed by atoms with van der Waals surface area (Å²) in [6.07, 6.45) is 0.975. The highest BCUT2D eigenvalue weighted by Gasteiger charge is 2.24. The van der Waals surface area contributed by atoms with E-state index in [0.29, 0.717) is 6.61 Å². The Morgan fingerprint density at radius 2 is 1.96 bits per heavy atom. The largest absolute Gasteiger partial charge is 0.493 e. The average Bonchev–Trinajstić information content (AvgIpc) is 2.70. The topological polar surface area (TPSA) is 33.7 Å². The van der Waals surface area contributed by atoms with Gasteiger partial charge < -0.3 is 19.7 Å². The SMILES string of the molecule is CCN(CC)CCOc1cc2c(cc1OC)CCNC2c1cccc(Cl)c1. The highest BCUT2D eigenvalue weighted by atomic mass is 35.5. The van der Waals surface area contributed by atoms with Crippen molar-refractivity contribution < 1.29 is 9.47 Å². The molecule has 1 N–H and O–H groups in total. The maximum atomic E-state index is 6.22. The molecule has 146 valence electrons. The molecule has 4 nitrogen and oxygen atoms in total. The van der Waals surface area contributed by atoms with Crippen molar-refractivity contribution in [3.63, 3.8) is 0 Å². The predicted octanol–water partition coefficient (Wildman–Crippen LogP) is 4.30. The number of benzene rings is 2. The fourth-order valence-electron chi connectivity index (χ4n) is 3.64. The van der Waals surface area contributed by atoms with Gasteiger partial charge in [-0.3, -0.25) is 0 Å². The van der Waals surface area contributed by atoms with Crippen LogP contribution in [-0.2, 0) is 6.42 Å². The van der Waals surface area contributed by atoms with Crippen molar-refractivity contribution in [1.29, 1.82) is 0 Å². The summed E-state index contributed by atoms with van der Waals surface area (Å²) in [7, 11) is 1.70. The number of ether oxygens (including phenoxy) is 2. The zero-order valence-corrected chi connectivity index (χ0v) is 17.2. The van der Waals surface area contributed by atoms with Gasteiger partial charge in [0.05, 0.1) is 13.2 Å². The van der Waals surface area contributed by atoms with Gasteiger partial charge in [-0.2, -0.15) is 0 Å². The van der Waals surface area contributed by atoms with Crippen molar-refractivity contribution in [1.82, 2.24) is 10.2 Å². The smallest absolute Gasteiger partial charge is 0.161 e. The molecule has 0 radical (unpaired) electrons. The van der Waals surface area contributed by atoms with E-state index in [1.807, 2.05) is 18.2 Å². The Morgan fingerprint density at radius 1 is 1.15 bits per heavy atom. The lowest BCUT2D eigenvalue weighted by atomic mass is 9.89. The monoisotopic (exact) mass is 388 g/mol. The summed E-state index contributed by atoms with van der Waals surface area (Å²) in [6.45, 7) is 8.88. The Bertz CT molecular complexity index is 762. The van der Waals surface area contributed by atoms with Gasteiger partial charge in [-0.25, -0.2) is 0 Å². The summed E-state index contributed by atoms with van der Waals surface area (Å²) in [5.74, 6) is 1.61. The molecule has 0 fully saturated rings. The third-order valence-electron chi connectivity index (χ3n) is 5.22. The molecule has 0 spiro atoms. The minimum Gasteiger partial charge on any atom is -0.493 e. The molecule has 0 amide bonds. The van der Waals surface area contributed by atoms with Crippen LogP contribution in [0.15, 0.2) is 36.4 Å². The van der Waals surface area contributed by atoms with Gasteiger partial charge in [-0.05, 0) is 60.5 Å². The standard InChI is InChI=1S/C22H29ClN2O2/c1-4-25(5-2)11-12-27-21-15-19-16(14-20(21)26-3)9-10-24-22(19)17-7-6-8-18(23)13-17/h6-8,13-15,22,24H,4-5,9-12H2,1-3H3. The number of nitrogens with one attached hydrogen (secondary N) is 1. The van der Waals surface area contributed by atoms with Crippen LogP contribution < -0.4 is 14.8 Å². The molecule has 1 atom stereocenters. The van der Waals surface area contributed by atoms with E-state index in [1.54, 1.807) is 7.11 Å². The number of hydrogen-bond donors (Lipinski definition) is 1. The molecule has 0 saturated heterocycles. The second-order valence-corrected chi connectivity index (χ2v) is 7.21. The molecule has 0 bridgehead atoms. The van der Waals surface area contributed by atoms with Gasteiger partial charge in [0.2, 0.25) is 0 Å². The van der Waals surface area contributed by atoms with Crippen LogP contribution in [0.2, 0.25) is 5.02 Å². The second kappa shape index (κ2) is 9.45. The van der Waals surface area contributed by atoms with E-state index in [4.69, 9.17) is 21.1 Å². The Balaban J connectivity index is 1.86. The van der Waals surface area contributed by atoms with E-state index in [9.17, 15) is 0 Å². The Labute approximate surface area is 167 Å². The number of fused-ring (bicyclic) bond motifs is 1. The van der Waals surface area contributed by atoms with E-state index in [1.165, 1.54) is 16.7 Å². The molecule has 0 saturated carbocycles. The Morgan fingerprint density at radius 3 is 2.67 bits per heavy atom. The number of nitrogens with zero attached hydrogens (tertiary/aromatic N) is 1. The first-order valence-electron chi connectivity index (χ1n) is 9.71. The summed E-state index contributed by atoms with van der Waals surface area (Å²) in [4.78, 5) is 2.35. The van der Waals surface area contributed by atoms with Gasteiger partial charge in [0.25, 0.3) is 0 Å². The predicted molar refractivity (Wildman–Crippen MR) is 111 cm³/mol. The van der Waals surface area contributed by atoms with E-state index < -0.39 is 0 Å². The van der Waals surface area contributed by atoms with E-state index in [0.717, 1.165) is 49.1 Å². The first kappa shape index (κ1) is 20.0. The van der Waals surface area contributed by atoms with Crippen LogP contribution in [0.1, 0.15) is 36.6 Å². The van der Waals surface area contributed by atoms with E-state index in [2.05, 4.69) is 42.3 Å². The lowest BCUT2D eigenvalue weighted by molar-refractivity contribution is 0.217. The summed E-state index contributed by atoms with van der Waals surface area (Å²) < 4.78 is 11.7. The van der Waals surface area contributed by atoms with Crippen LogP contribution >= 0.6 is 11.6 Å². The molecule has 1 heterocycles. The lowest BCUT2D eigenvalue weighted by Crippen LogP contribution is -2.31. The molecule has 5 heteroatoms. The average molecular weight is 389 g/mol. The van der Waals surface area contributed by atoms with Crippen molar-refractivity contribution in [3.05, 3.63) is 58.1 Å². The van der Waals surface area contributed by atoms with Crippen LogP contribution in [0.5, 0.6) is 11.5 Å². The first-order valence-corrected chi connectivity index (χ1v) is 10.1. The van der Waals surface area contributed by atoms with Gasteiger partial charge >= 0.3 is 0 Å².